The fourth-order valence-electron chi connectivity index (χ4n) is 7.18. The number of aromatic amines is 1. The van der Waals surface area contributed by atoms with Gasteiger partial charge in [-0.2, -0.15) is 0 Å². The van der Waals surface area contributed by atoms with Gasteiger partial charge in [0.2, 0.25) is 0 Å². The number of fused-ring (bicyclic) bond motifs is 2. The molecule has 1 N–H and O–H groups in total. The minimum absolute atomic E-state index is 0.0171. The number of piperidine rings is 1. The van der Waals surface area contributed by atoms with E-state index in [0.717, 1.165) is 97.7 Å². The first kappa shape index (κ1) is 30.2. The summed E-state index contributed by atoms with van der Waals surface area (Å²) in [6, 6.07) is 32.6. The maximum atomic E-state index is 13.3. The number of aromatic nitrogens is 4. The number of nitrogens with zero attached hydrogens (tertiary/aromatic N) is 6. The van der Waals surface area contributed by atoms with Crippen molar-refractivity contribution in [1.82, 2.24) is 34.2 Å². The number of likely N-dealkylation sites (tertiary alicyclic amines) is 1. The first-order valence-corrected chi connectivity index (χ1v) is 16.9. The van der Waals surface area contributed by atoms with Crippen molar-refractivity contribution in [1.29, 1.82) is 0 Å². The van der Waals surface area contributed by atoms with Crippen LogP contribution < -0.4 is 5.69 Å². The molecule has 9 heteroatoms. The van der Waals surface area contributed by atoms with Crippen LogP contribution >= 0.6 is 0 Å². The number of benzene rings is 4. The molecule has 0 aliphatic carbocycles. The number of nitrogens with one attached hydrogen (secondary N) is 1. The zero-order valence-electron chi connectivity index (χ0n) is 27.2. The molecule has 4 heterocycles. The van der Waals surface area contributed by atoms with Crippen molar-refractivity contribution in [3.05, 3.63) is 119 Å². The summed E-state index contributed by atoms with van der Waals surface area (Å²) in [6.45, 7) is 5.95. The minimum atomic E-state index is -0.0171. The Hall–Kier alpha value is -5.12. The molecule has 0 unspecified atom stereocenters. The molecular weight excluding hydrogens is 598 g/mol. The molecule has 6 aromatic rings. The number of carbonyl (C=O) groups is 1. The summed E-state index contributed by atoms with van der Waals surface area (Å²) in [6.07, 6.45) is 1.88. The van der Waals surface area contributed by atoms with Gasteiger partial charge in [0.15, 0.2) is 0 Å². The van der Waals surface area contributed by atoms with Crippen LogP contribution in [0.3, 0.4) is 0 Å². The number of piperazine rings is 1. The third-order valence-electron chi connectivity index (χ3n) is 9.93. The van der Waals surface area contributed by atoms with Crippen LogP contribution in [0.1, 0.15) is 34.8 Å². The van der Waals surface area contributed by atoms with E-state index in [1.54, 1.807) is 0 Å². The summed E-state index contributed by atoms with van der Waals surface area (Å²) >= 11 is 0. The fourth-order valence-corrected chi connectivity index (χ4v) is 7.18. The monoisotopic (exact) mass is 637 g/mol. The summed E-state index contributed by atoms with van der Waals surface area (Å²) in [4.78, 5) is 45.9. The molecule has 48 heavy (non-hydrogen) atoms. The second kappa shape index (κ2) is 12.8. The van der Waals surface area contributed by atoms with Gasteiger partial charge in [-0.15, -0.1) is 0 Å². The van der Waals surface area contributed by atoms with Gasteiger partial charge in [0, 0.05) is 68.5 Å². The Bertz CT molecular complexity index is 2140. The minimum Gasteiger partial charge on any atom is -0.336 e. The number of para-hydroxylation sites is 2. The van der Waals surface area contributed by atoms with Crippen LogP contribution in [0.15, 0.2) is 102 Å². The molecule has 242 valence electrons. The van der Waals surface area contributed by atoms with E-state index in [4.69, 9.17) is 9.97 Å². The van der Waals surface area contributed by atoms with E-state index in [9.17, 15) is 9.59 Å². The highest BCUT2D eigenvalue weighted by molar-refractivity contribution is 5.98. The van der Waals surface area contributed by atoms with Gasteiger partial charge >= 0.3 is 5.69 Å². The van der Waals surface area contributed by atoms with Crippen LogP contribution in [0.2, 0.25) is 0 Å². The lowest BCUT2D eigenvalue weighted by Crippen LogP contribution is -2.47. The summed E-state index contributed by atoms with van der Waals surface area (Å²) in [5.74, 6) is 0.0452. The predicted octanol–water partition coefficient (Wildman–Crippen LogP) is 5.83. The lowest BCUT2D eigenvalue weighted by molar-refractivity contribution is 0.0664. The molecule has 0 spiro atoms. The topological polar surface area (TPSA) is 90.4 Å². The van der Waals surface area contributed by atoms with Crippen molar-refractivity contribution >= 4 is 28.0 Å². The Kier molecular flexibility index (Phi) is 8.08. The Morgan fingerprint density at radius 3 is 2.17 bits per heavy atom. The Labute approximate surface area is 279 Å². The van der Waals surface area contributed by atoms with Crippen LogP contribution in [0.25, 0.3) is 44.6 Å². The van der Waals surface area contributed by atoms with Gasteiger partial charge in [0.1, 0.15) is 0 Å². The van der Waals surface area contributed by atoms with E-state index in [-0.39, 0.29) is 17.6 Å². The molecule has 0 saturated carbocycles. The van der Waals surface area contributed by atoms with Crippen molar-refractivity contribution in [3.8, 4) is 22.5 Å². The van der Waals surface area contributed by atoms with E-state index in [0.29, 0.717) is 11.1 Å². The number of hydrogen-bond donors (Lipinski definition) is 1. The highest BCUT2D eigenvalue weighted by atomic mass is 16.2. The number of H-pyrrole nitrogens is 1. The van der Waals surface area contributed by atoms with Gasteiger partial charge in [-0.1, -0.05) is 66.7 Å². The molecule has 1 amide bonds. The number of carbonyl (C=O) groups excluding carboxylic acids is 1. The van der Waals surface area contributed by atoms with Gasteiger partial charge < -0.3 is 14.8 Å². The Balaban J connectivity index is 1.02. The molecule has 2 aliphatic rings. The normalized spacial score (nSPS) is 16.6. The third-order valence-corrected chi connectivity index (χ3v) is 9.93. The van der Waals surface area contributed by atoms with Crippen molar-refractivity contribution in [2.45, 2.75) is 25.4 Å². The number of likely N-dealkylation sites (N-methyl/N-ethyl adjacent to an activating group) is 1. The van der Waals surface area contributed by atoms with Crippen LogP contribution in [-0.2, 0) is 6.54 Å². The predicted molar refractivity (Wildman–Crippen MR) is 190 cm³/mol. The van der Waals surface area contributed by atoms with Crippen LogP contribution in [-0.4, -0.2) is 86.4 Å². The lowest BCUT2D eigenvalue weighted by Gasteiger charge is -2.32. The number of amides is 1. The first-order chi connectivity index (χ1) is 23.5. The van der Waals surface area contributed by atoms with E-state index in [1.807, 2.05) is 70.1 Å². The van der Waals surface area contributed by atoms with Crippen molar-refractivity contribution in [2.75, 3.05) is 46.3 Å². The van der Waals surface area contributed by atoms with Gasteiger partial charge in [-0.05, 0) is 55.8 Å². The summed E-state index contributed by atoms with van der Waals surface area (Å²) in [5, 5.41) is 0. The Morgan fingerprint density at radius 2 is 1.42 bits per heavy atom. The van der Waals surface area contributed by atoms with Crippen molar-refractivity contribution < 1.29 is 4.79 Å². The average molecular weight is 638 g/mol. The highest BCUT2D eigenvalue weighted by Gasteiger charge is 2.24. The van der Waals surface area contributed by atoms with Crippen molar-refractivity contribution in [3.63, 3.8) is 0 Å². The van der Waals surface area contributed by atoms with E-state index in [1.165, 1.54) is 5.56 Å². The maximum absolute atomic E-state index is 13.3. The fraction of sp³-hybridized carbons (Fsp3) is 0.282. The molecule has 8 rings (SSSR count). The van der Waals surface area contributed by atoms with Crippen LogP contribution in [0, 0.1) is 0 Å². The molecule has 2 aromatic heterocycles. The molecule has 2 fully saturated rings. The zero-order chi connectivity index (χ0) is 32.6. The molecular formula is C39H39N7O2. The van der Waals surface area contributed by atoms with Crippen LogP contribution in [0.5, 0.6) is 0 Å². The first-order valence-electron chi connectivity index (χ1n) is 16.9. The summed E-state index contributed by atoms with van der Waals surface area (Å²) in [5.41, 5.74) is 8.85. The van der Waals surface area contributed by atoms with Gasteiger partial charge in [0.25, 0.3) is 5.91 Å². The molecule has 2 aliphatic heterocycles. The number of rotatable bonds is 6. The molecule has 0 bridgehead atoms. The zero-order valence-corrected chi connectivity index (χ0v) is 27.2. The molecule has 0 radical (unpaired) electrons. The van der Waals surface area contributed by atoms with Crippen molar-refractivity contribution in [2.24, 2.45) is 0 Å². The lowest BCUT2D eigenvalue weighted by atomic mass is 10.0. The second-order valence-electron chi connectivity index (χ2n) is 13.1. The smallest absolute Gasteiger partial charge is 0.326 e. The average Bonchev–Trinajstić information content (AvgIpc) is 3.47. The Morgan fingerprint density at radius 1 is 0.750 bits per heavy atom. The standard InChI is InChI=1S/C39H39N7O2/c1-43-21-23-45(24-22-43)38(47)30-15-16-32-34(25-30)41-36(28-7-3-2-4-8-28)37(40-32)29-13-11-27(12-14-29)26-44-19-17-31(18-20-44)46-35-10-6-5-9-33(35)42-39(46)48/h2-16,25,31H,17-24,26H2,1H3,(H,42,48). The van der Waals surface area contributed by atoms with E-state index >= 15 is 0 Å². The van der Waals surface area contributed by atoms with E-state index < -0.39 is 0 Å². The molecule has 0 atom stereocenters. The maximum Gasteiger partial charge on any atom is 0.326 e. The largest absolute Gasteiger partial charge is 0.336 e. The number of imidazole rings is 1. The summed E-state index contributed by atoms with van der Waals surface area (Å²) < 4.78 is 1.95. The SMILES string of the molecule is CN1CCN(C(=O)c2ccc3nc(-c4ccc(CN5CCC(n6c(=O)[nH]c7ccccc76)CC5)cc4)c(-c4ccccc4)nc3c2)CC1. The second-order valence-corrected chi connectivity index (χ2v) is 13.1. The third kappa shape index (κ3) is 5.91. The highest BCUT2D eigenvalue weighted by Crippen LogP contribution is 2.32. The summed E-state index contributed by atoms with van der Waals surface area (Å²) in [7, 11) is 2.09. The molecule has 9 nitrogen and oxygen atoms in total. The van der Waals surface area contributed by atoms with Gasteiger partial charge in [-0.25, -0.2) is 14.8 Å². The number of hydrogen-bond acceptors (Lipinski definition) is 6. The van der Waals surface area contributed by atoms with Gasteiger partial charge in [-0.3, -0.25) is 14.3 Å². The quantitative estimate of drug-likeness (QED) is 0.247. The van der Waals surface area contributed by atoms with E-state index in [2.05, 4.69) is 58.2 Å². The van der Waals surface area contributed by atoms with Gasteiger partial charge in [0.05, 0.1) is 33.5 Å². The van der Waals surface area contributed by atoms with Crippen LogP contribution in [0.4, 0.5) is 0 Å². The molecule has 4 aromatic carbocycles. The molecule has 2 saturated heterocycles.